The number of primary amides is 1. The standard InChI is InChI=1S/C15H23NO.C3H7NOS.CH3NOS/c1-2-3-4-5-6-10-13-16-15(17)14-11-8-7-9-12-14;1-4(2)3(5)6;2-1(3)4/h7-9,11-12H,2-6,10,13H2,1H3,(H,16,17);1-2H3,(H,5,6);(H3,2,3,4). The van der Waals surface area contributed by atoms with Crippen molar-refractivity contribution in [2.24, 2.45) is 5.73 Å². The number of nitrogens with one attached hydrogen (secondary N) is 1. The van der Waals surface area contributed by atoms with E-state index in [1.807, 2.05) is 30.3 Å². The highest BCUT2D eigenvalue weighted by atomic mass is 32.1. The van der Waals surface area contributed by atoms with Crippen molar-refractivity contribution in [1.82, 2.24) is 10.2 Å². The van der Waals surface area contributed by atoms with Gasteiger partial charge in [-0.05, 0) is 18.6 Å². The normalized spacial score (nSPS) is 9.07. The number of hydrogen-bond acceptors (Lipinski definition) is 3. The predicted molar refractivity (Wildman–Crippen MR) is 119 cm³/mol. The van der Waals surface area contributed by atoms with Gasteiger partial charge in [-0.2, -0.15) is 0 Å². The third kappa shape index (κ3) is 22.3. The highest BCUT2D eigenvalue weighted by Gasteiger charge is 2.02. The lowest BCUT2D eigenvalue weighted by atomic mass is 10.1. The van der Waals surface area contributed by atoms with E-state index in [0.717, 1.165) is 18.5 Å². The van der Waals surface area contributed by atoms with Crippen LogP contribution >= 0.6 is 25.3 Å². The first-order valence-corrected chi connectivity index (χ1v) is 9.83. The Morgan fingerprint density at radius 2 is 1.41 bits per heavy atom. The molecule has 8 heteroatoms. The van der Waals surface area contributed by atoms with Crippen molar-refractivity contribution in [2.45, 2.75) is 45.4 Å². The van der Waals surface area contributed by atoms with Crippen molar-refractivity contribution in [1.29, 1.82) is 0 Å². The van der Waals surface area contributed by atoms with Crippen LogP contribution in [-0.2, 0) is 0 Å². The number of carbonyl (C=O) groups is 3. The van der Waals surface area contributed by atoms with Crippen LogP contribution in [0, 0.1) is 0 Å². The molecule has 0 fully saturated rings. The number of nitrogens with two attached hydrogens (primary N) is 1. The van der Waals surface area contributed by atoms with Crippen molar-refractivity contribution in [3.8, 4) is 0 Å². The van der Waals surface area contributed by atoms with Crippen molar-refractivity contribution in [3.63, 3.8) is 0 Å². The van der Waals surface area contributed by atoms with Gasteiger partial charge in [-0.25, -0.2) is 0 Å². The SMILES string of the molecule is CCCCCCCCNC(=O)c1ccccc1.CN(C)C(=O)S.NC(=O)S. The Bertz CT molecular complexity index is 522. The molecule has 3 amide bonds. The topological polar surface area (TPSA) is 92.5 Å². The van der Waals surface area contributed by atoms with E-state index in [0.29, 0.717) is 0 Å². The summed E-state index contributed by atoms with van der Waals surface area (Å²) in [5.74, 6) is 0.0409. The van der Waals surface area contributed by atoms with Crippen LogP contribution in [0.2, 0.25) is 0 Å². The second-order valence-electron chi connectivity index (χ2n) is 5.90. The van der Waals surface area contributed by atoms with E-state index in [1.54, 1.807) is 14.1 Å². The largest absolute Gasteiger partial charge is 0.361 e. The summed E-state index contributed by atoms with van der Waals surface area (Å²) < 4.78 is 0. The van der Waals surface area contributed by atoms with Crippen LogP contribution in [0.4, 0.5) is 9.59 Å². The molecule has 0 bridgehead atoms. The molecular formula is C19H33N3O3S2. The van der Waals surface area contributed by atoms with E-state index >= 15 is 0 Å². The Balaban J connectivity index is 0. The number of thiol groups is 2. The van der Waals surface area contributed by atoms with Crippen LogP contribution in [0.5, 0.6) is 0 Å². The van der Waals surface area contributed by atoms with Crippen LogP contribution in [0.15, 0.2) is 30.3 Å². The van der Waals surface area contributed by atoms with Gasteiger partial charge >= 0.3 is 0 Å². The zero-order valence-electron chi connectivity index (χ0n) is 16.5. The van der Waals surface area contributed by atoms with Crippen LogP contribution in [0.3, 0.4) is 0 Å². The quantitative estimate of drug-likeness (QED) is 0.375. The fourth-order valence-electron chi connectivity index (χ4n) is 1.80. The van der Waals surface area contributed by atoms with Crippen LogP contribution in [0.25, 0.3) is 0 Å². The minimum atomic E-state index is -0.639. The maximum atomic E-state index is 11.7. The van der Waals surface area contributed by atoms with Crippen molar-refractivity contribution in [3.05, 3.63) is 35.9 Å². The van der Waals surface area contributed by atoms with Gasteiger partial charge in [0.05, 0.1) is 0 Å². The number of rotatable bonds is 8. The van der Waals surface area contributed by atoms with E-state index in [1.165, 1.54) is 37.0 Å². The third-order valence-electron chi connectivity index (χ3n) is 3.23. The van der Waals surface area contributed by atoms with E-state index < -0.39 is 5.24 Å². The van der Waals surface area contributed by atoms with Gasteiger partial charge in [-0.3, -0.25) is 14.4 Å². The van der Waals surface area contributed by atoms with E-state index in [9.17, 15) is 9.59 Å². The fraction of sp³-hybridized carbons (Fsp3) is 0.526. The lowest BCUT2D eigenvalue weighted by Gasteiger charge is -2.04. The second-order valence-corrected chi connectivity index (χ2v) is 6.73. The molecule has 1 aromatic carbocycles. The molecule has 0 unspecified atom stereocenters. The molecule has 0 spiro atoms. The van der Waals surface area contributed by atoms with Crippen LogP contribution in [-0.4, -0.2) is 41.9 Å². The van der Waals surface area contributed by atoms with Gasteiger partial charge in [-0.1, -0.05) is 82.5 Å². The summed E-state index contributed by atoms with van der Waals surface area (Å²) in [5.41, 5.74) is 5.09. The summed E-state index contributed by atoms with van der Waals surface area (Å²) in [7, 11) is 3.30. The molecule has 0 saturated heterocycles. The predicted octanol–water partition coefficient (Wildman–Crippen LogP) is 4.37. The second kappa shape index (κ2) is 19.1. The Kier molecular flexibility index (Phi) is 19.5. The molecule has 154 valence electrons. The van der Waals surface area contributed by atoms with Crippen LogP contribution in [0.1, 0.15) is 55.8 Å². The van der Waals surface area contributed by atoms with Crippen molar-refractivity contribution >= 4 is 41.6 Å². The summed E-state index contributed by atoms with van der Waals surface area (Å²) in [4.78, 5) is 32.1. The van der Waals surface area contributed by atoms with Gasteiger partial charge in [0, 0.05) is 26.2 Å². The average molecular weight is 416 g/mol. The lowest BCUT2D eigenvalue weighted by Crippen LogP contribution is -2.24. The maximum absolute atomic E-state index is 11.7. The maximum Gasteiger partial charge on any atom is 0.278 e. The monoisotopic (exact) mass is 415 g/mol. The number of amides is 3. The zero-order valence-corrected chi connectivity index (χ0v) is 18.3. The lowest BCUT2D eigenvalue weighted by molar-refractivity contribution is 0.0953. The molecule has 3 N–H and O–H groups in total. The molecule has 0 radical (unpaired) electrons. The van der Waals surface area contributed by atoms with Crippen LogP contribution < -0.4 is 11.1 Å². The molecular weight excluding hydrogens is 382 g/mol. The molecule has 0 heterocycles. The minimum absolute atomic E-state index is 0.0409. The summed E-state index contributed by atoms with van der Waals surface area (Å²) in [6, 6.07) is 9.39. The third-order valence-corrected chi connectivity index (χ3v) is 3.63. The molecule has 0 aromatic heterocycles. The molecule has 1 rings (SSSR count). The van der Waals surface area contributed by atoms with Crippen molar-refractivity contribution in [2.75, 3.05) is 20.6 Å². The number of benzene rings is 1. The first-order valence-electron chi connectivity index (χ1n) is 8.94. The Hall–Kier alpha value is -1.67. The van der Waals surface area contributed by atoms with Gasteiger partial charge < -0.3 is 16.0 Å². The number of carbonyl (C=O) groups excluding carboxylic acids is 3. The summed E-state index contributed by atoms with van der Waals surface area (Å²) in [5, 5.41) is 2.10. The zero-order chi connectivity index (χ0) is 21.1. The number of nitrogens with zero attached hydrogens (tertiary/aromatic N) is 1. The number of unbranched alkanes of at least 4 members (excludes halogenated alkanes) is 5. The molecule has 0 aliphatic carbocycles. The fourth-order valence-corrected chi connectivity index (χ4v) is 1.80. The van der Waals surface area contributed by atoms with Crippen molar-refractivity contribution < 1.29 is 14.4 Å². The summed E-state index contributed by atoms with van der Waals surface area (Å²) >= 11 is 6.58. The van der Waals surface area contributed by atoms with E-state index in [2.05, 4.69) is 43.2 Å². The Labute approximate surface area is 174 Å². The first kappa shape index (κ1) is 27.5. The molecule has 27 heavy (non-hydrogen) atoms. The smallest absolute Gasteiger partial charge is 0.278 e. The molecule has 0 aliphatic rings. The van der Waals surface area contributed by atoms with Gasteiger partial charge in [-0.15, -0.1) is 0 Å². The average Bonchev–Trinajstić information content (AvgIpc) is 2.61. The summed E-state index contributed by atoms with van der Waals surface area (Å²) in [6.07, 6.45) is 7.52. The molecule has 0 saturated carbocycles. The van der Waals surface area contributed by atoms with Gasteiger partial charge in [0.1, 0.15) is 0 Å². The first-order chi connectivity index (χ1) is 12.7. The minimum Gasteiger partial charge on any atom is -0.361 e. The Morgan fingerprint density at radius 1 is 0.963 bits per heavy atom. The van der Waals surface area contributed by atoms with E-state index in [4.69, 9.17) is 4.79 Å². The molecule has 0 atom stereocenters. The highest BCUT2D eigenvalue weighted by Crippen LogP contribution is 2.04. The van der Waals surface area contributed by atoms with Gasteiger partial charge in [0.15, 0.2) is 0 Å². The van der Waals surface area contributed by atoms with Gasteiger partial charge in [0.2, 0.25) is 0 Å². The summed E-state index contributed by atoms with van der Waals surface area (Å²) in [6.45, 7) is 3.01. The van der Waals surface area contributed by atoms with E-state index in [-0.39, 0.29) is 11.1 Å². The molecule has 6 nitrogen and oxygen atoms in total. The molecule has 1 aromatic rings. The number of hydrogen-bond donors (Lipinski definition) is 4. The molecule has 0 aliphatic heterocycles. The Morgan fingerprint density at radius 3 is 1.85 bits per heavy atom. The van der Waals surface area contributed by atoms with Gasteiger partial charge in [0.25, 0.3) is 16.4 Å². The highest BCUT2D eigenvalue weighted by molar-refractivity contribution is 7.96.